The van der Waals surface area contributed by atoms with Gasteiger partial charge in [0.25, 0.3) is 0 Å². The van der Waals surface area contributed by atoms with Crippen molar-refractivity contribution in [2.24, 2.45) is 0 Å². The fraction of sp³-hybridized carbons (Fsp3) is 0.150. The summed E-state index contributed by atoms with van der Waals surface area (Å²) < 4.78 is 1.92. The van der Waals surface area contributed by atoms with Crippen LogP contribution in [0.4, 0.5) is 5.69 Å². The molecule has 1 aromatic heterocycles. The Morgan fingerprint density at radius 2 is 1.96 bits per heavy atom. The first kappa shape index (κ1) is 20.5. The van der Waals surface area contributed by atoms with E-state index in [0.717, 1.165) is 11.1 Å². The fourth-order valence-electron chi connectivity index (χ4n) is 2.56. The molecule has 0 fully saturated rings. The highest BCUT2D eigenvalue weighted by Crippen LogP contribution is 2.26. The number of hydrogen-bond acceptors (Lipinski definition) is 4. The molecule has 0 saturated heterocycles. The Hall–Kier alpha value is -2.28. The molecule has 0 saturated carbocycles. The number of allylic oxidation sites excluding steroid dienone is 1. The van der Waals surface area contributed by atoms with Gasteiger partial charge < -0.3 is 5.32 Å². The SMILES string of the molecule is C=CCn1c(SCC(=O)Nc2cccc(Cl)c2C)nnc1-c1ccc(Cl)cc1. The van der Waals surface area contributed by atoms with Gasteiger partial charge in [0.05, 0.1) is 5.75 Å². The van der Waals surface area contributed by atoms with Gasteiger partial charge in [-0.15, -0.1) is 16.8 Å². The first-order valence-electron chi connectivity index (χ1n) is 8.47. The Balaban J connectivity index is 1.73. The van der Waals surface area contributed by atoms with Crippen molar-refractivity contribution in [3.63, 3.8) is 0 Å². The minimum atomic E-state index is -0.142. The van der Waals surface area contributed by atoms with Gasteiger partial charge in [-0.05, 0) is 48.9 Å². The van der Waals surface area contributed by atoms with E-state index in [-0.39, 0.29) is 11.7 Å². The number of nitrogens with zero attached hydrogens (tertiary/aromatic N) is 3. The van der Waals surface area contributed by atoms with Crippen LogP contribution >= 0.6 is 35.0 Å². The van der Waals surface area contributed by atoms with Crippen molar-refractivity contribution in [3.05, 3.63) is 70.7 Å². The van der Waals surface area contributed by atoms with E-state index in [0.29, 0.717) is 33.3 Å². The maximum absolute atomic E-state index is 12.4. The molecule has 144 valence electrons. The van der Waals surface area contributed by atoms with Crippen LogP contribution in [0.2, 0.25) is 10.0 Å². The van der Waals surface area contributed by atoms with Gasteiger partial charge in [-0.25, -0.2) is 0 Å². The first-order valence-corrected chi connectivity index (χ1v) is 10.2. The van der Waals surface area contributed by atoms with Crippen molar-refractivity contribution in [2.45, 2.75) is 18.6 Å². The average Bonchev–Trinajstić information content (AvgIpc) is 3.07. The Morgan fingerprint density at radius 1 is 1.21 bits per heavy atom. The van der Waals surface area contributed by atoms with Gasteiger partial charge in [0, 0.05) is 27.8 Å². The largest absolute Gasteiger partial charge is 0.325 e. The van der Waals surface area contributed by atoms with Crippen molar-refractivity contribution in [3.8, 4) is 11.4 Å². The number of rotatable bonds is 7. The lowest BCUT2D eigenvalue weighted by molar-refractivity contribution is -0.113. The molecule has 8 heteroatoms. The molecule has 3 rings (SSSR count). The van der Waals surface area contributed by atoms with E-state index in [1.165, 1.54) is 11.8 Å². The van der Waals surface area contributed by atoms with Crippen LogP contribution in [0.15, 0.2) is 60.3 Å². The van der Waals surface area contributed by atoms with Gasteiger partial charge in [0.1, 0.15) is 0 Å². The van der Waals surface area contributed by atoms with E-state index >= 15 is 0 Å². The monoisotopic (exact) mass is 432 g/mol. The molecule has 0 radical (unpaired) electrons. The molecular weight excluding hydrogens is 415 g/mol. The molecule has 1 N–H and O–H groups in total. The van der Waals surface area contributed by atoms with Crippen LogP contribution in [0.5, 0.6) is 0 Å². The van der Waals surface area contributed by atoms with Gasteiger partial charge in [-0.3, -0.25) is 9.36 Å². The van der Waals surface area contributed by atoms with Crippen LogP contribution in [-0.2, 0) is 11.3 Å². The second-order valence-electron chi connectivity index (χ2n) is 5.96. The van der Waals surface area contributed by atoms with Crippen molar-refractivity contribution < 1.29 is 4.79 Å². The molecule has 3 aromatic rings. The smallest absolute Gasteiger partial charge is 0.234 e. The van der Waals surface area contributed by atoms with Crippen molar-refractivity contribution >= 4 is 46.6 Å². The van der Waals surface area contributed by atoms with Crippen molar-refractivity contribution in [2.75, 3.05) is 11.1 Å². The molecular formula is C20H18Cl2N4OS. The Labute approximate surface area is 177 Å². The fourth-order valence-corrected chi connectivity index (χ4v) is 3.61. The van der Waals surface area contributed by atoms with E-state index < -0.39 is 0 Å². The Bertz CT molecular complexity index is 1000. The summed E-state index contributed by atoms with van der Waals surface area (Å²) >= 11 is 13.4. The molecule has 5 nitrogen and oxygen atoms in total. The second-order valence-corrected chi connectivity index (χ2v) is 7.75. The lowest BCUT2D eigenvalue weighted by Gasteiger charge is -2.10. The highest BCUT2D eigenvalue weighted by atomic mass is 35.5. The van der Waals surface area contributed by atoms with Crippen molar-refractivity contribution in [1.29, 1.82) is 0 Å². The second kappa shape index (κ2) is 9.28. The predicted octanol–water partition coefficient (Wildman–Crippen LogP) is 5.48. The number of hydrogen-bond donors (Lipinski definition) is 1. The quantitative estimate of drug-likeness (QED) is 0.396. The minimum Gasteiger partial charge on any atom is -0.325 e. The average molecular weight is 433 g/mol. The van der Waals surface area contributed by atoms with Gasteiger partial charge >= 0.3 is 0 Å². The highest BCUT2D eigenvalue weighted by Gasteiger charge is 2.15. The zero-order chi connectivity index (χ0) is 20.1. The molecule has 1 heterocycles. The Kier molecular flexibility index (Phi) is 6.78. The van der Waals surface area contributed by atoms with E-state index in [4.69, 9.17) is 23.2 Å². The number of aromatic nitrogens is 3. The summed E-state index contributed by atoms with van der Waals surface area (Å²) in [6.07, 6.45) is 1.77. The number of anilines is 1. The third kappa shape index (κ3) is 4.76. The number of halogens is 2. The summed E-state index contributed by atoms with van der Waals surface area (Å²) in [4.78, 5) is 12.4. The van der Waals surface area contributed by atoms with Gasteiger partial charge in [0.15, 0.2) is 11.0 Å². The number of nitrogens with one attached hydrogen (secondary N) is 1. The zero-order valence-corrected chi connectivity index (χ0v) is 17.5. The van der Waals surface area contributed by atoms with Crippen LogP contribution in [0.3, 0.4) is 0 Å². The molecule has 1 amide bonds. The summed E-state index contributed by atoms with van der Waals surface area (Å²) in [7, 11) is 0. The maximum atomic E-state index is 12.4. The topological polar surface area (TPSA) is 59.8 Å². The first-order chi connectivity index (χ1) is 13.5. The molecule has 0 atom stereocenters. The normalized spacial score (nSPS) is 10.7. The molecule has 2 aromatic carbocycles. The van der Waals surface area contributed by atoms with E-state index in [1.807, 2.05) is 29.7 Å². The number of thioether (sulfide) groups is 1. The third-order valence-electron chi connectivity index (χ3n) is 4.01. The zero-order valence-electron chi connectivity index (χ0n) is 15.2. The lowest BCUT2D eigenvalue weighted by Crippen LogP contribution is -2.15. The van der Waals surface area contributed by atoms with Crippen LogP contribution in [0, 0.1) is 6.92 Å². The molecule has 0 aliphatic carbocycles. The lowest BCUT2D eigenvalue weighted by atomic mass is 10.2. The molecule has 0 unspecified atom stereocenters. The van der Waals surface area contributed by atoms with E-state index in [2.05, 4.69) is 22.1 Å². The molecule has 0 spiro atoms. The van der Waals surface area contributed by atoms with Crippen LogP contribution in [0.1, 0.15) is 5.56 Å². The van der Waals surface area contributed by atoms with Crippen LogP contribution in [0.25, 0.3) is 11.4 Å². The summed E-state index contributed by atoms with van der Waals surface area (Å²) in [6, 6.07) is 12.8. The Morgan fingerprint density at radius 3 is 2.68 bits per heavy atom. The third-order valence-corrected chi connectivity index (χ3v) is 5.63. The molecule has 0 bridgehead atoms. The summed E-state index contributed by atoms with van der Waals surface area (Å²) in [5, 5.41) is 13.3. The molecule has 0 aliphatic rings. The number of benzene rings is 2. The maximum Gasteiger partial charge on any atom is 0.234 e. The van der Waals surface area contributed by atoms with Crippen LogP contribution < -0.4 is 5.32 Å². The summed E-state index contributed by atoms with van der Waals surface area (Å²) in [6.45, 7) is 6.19. The standard InChI is InChI=1S/C20H18Cl2N4OS/c1-3-11-26-19(14-7-9-15(21)10-8-14)24-25-20(26)28-12-18(27)23-17-6-4-5-16(22)13(17)2/h3-10H,1,11-12H2,2H3,(H,23,27). The van der Waals surface area contributed by atoms with E-state index in [1.54, 1.807) is 30.3 Å². The molecule has 28 heavy (non-hydrogen) atoms. The van der Waals surface area contributed by atoms with Crippen LogP contribution in [-0.4, -0.2) is 26.4 Å². The predicted molar refractivity (Wildman–Crippen MR) is 116 cm³/mol. The van der Waals surface area contributed by atoms with Gasteiger partial charge in [-0.1, -0.05) is 47.1 Å². The highest BCUT2D eigenvalue weighted by molar-refractivity contribution is 7.99. The number of carbonyl (C=O) groups is 1. The molecule has 0 aliphatic heterocycles. The van der Waals surface area contributed by atoms with E-state index in [9.17, 15) is 4.79 Å². The summed E-state index contributed by atoms with van der Waals surface area (Å²) in [5.41, 5.74) is 2.43. The van der Waals surface area contributed by atoms with Crippen molar-refractivity contribution in [1.82, 2.24) is 14.8 Å². The van der Waals surface area contributed by atoms with Gasteiger partial charge in [0.2, 0.25) is 5.91 Å². The minimum absolute atomic E-state index is 0.142. The number of amides is 1. The van der Waals surface area contributed by atoms with Gasteiger partial charge in [-0.2, -0.15) is 0 Å². The number of carbonyl (C=O) groups excluding carboxylic acids is 1. The summed E-state index contributed by atoms with van der Waals surface area (Å²) in [5.74, 6) is 0.753.